The van der Waals surface area contributed by atoms with E-state index in [0.29, 0.717) is 19.9 Å². The van der Waals surface area contributed by atoms with Crippen LogP contribution in [0.5, 0.6) is 0 Å². The molecule has 1 aromatic carbocycles. The smallest absolute Gasteiger partial charge is 0.232 e. The Hall–Kier alpha value is -1.43. The molecule has 0 spiro atoms. The zero-order valence-corrected chi connectivity index (χ0v) is 12.4. The largest absolute Gasteiger partial charge is 0.395 e. The molecule has 0 bridgehead atoms. The molecule has 0 unspecified atom stereocenters. The first-order valence-corrected chi connectivity index (χ1v) is 7.31. The molecule has 116 valence electrons. The summed E-state index contributed by atoms with van der Waals surface area (Å²) in [6.45, 7) is 1.46. The van der Waals surface area contributed by atoms with Crippen LogP contribution >= 0.6 is 0 Å². The van der Waals surface area contributed by atoms with Crippen molar-refractivity contribution in [3.05, 3.63) is 35.9 Å². The van der Waals surface area contributed by atoms with E-state index in [1.807, 2.05) is 35.2 Å². The van der Waals surface area contributed by atoms with E-state index >= 15 is 0 Å². The molecular weight excluding hydrogens is 270 g/mol. The number of aliphatic hydroxyl groups is 1. The molecule has 21 heavy (non-hydrogen) atoms. The Balaban J connectivity index is 1.91. The van der Waals surface area contributed by atoms with E-state index in [2.05, 4.69) is 0 Å². The fraction of sp³-hybridized carbons (Fsp3) is 0.562. The molecule has 0 saturated carbocycles. The van der Waals surface area contributed by atoms with Crippen molar-refractivity contribution in [2.45, 2.75) is 24.9 Å². The molecule has 1 atom stereocenters. The van der Waals surface area contributed by atoms with Gasteiger partial charge in [0.25, 0.3) is 0 Å². The van der Waals surface area contributed by atoms with Crippen molar-refractivity contribution in [1.29, 1.82) is 0 Å². The monoisotopic (exact) mass is 293 g/mol. The zero-order valence-electron chi connectivity index (χ0n) is 12.4. The van der Waals surface area contributed by atoms with Crippen LogP contribution in [0.2, 0.25) is 0 Å². The predicted molar refractivity (Wildman–Crippen MR) is 78.8 cm³/mol. The van der Waals surface area contributed by atoms with Gasteiger partial charge >= 0.3 is 0 Å². The number of carbonyl (C=O) groups is 1. The summed E-state index contributed by atoms with van der Waals surface area (Å²) in [6.07, 6.45) is 1.77. The van der Waals surface area contributed by atoms with Gasteiger partial charge in [-0.15, -0.1) is 0 Å². The molecular formula is C16H23NO4. The number of aliphatic hydroxyl groups excluding tert-OH is 1. The van der Waals surface area contributed by atoms with Crippen molar-refractivity contribution in [3.8, 4) is 0 Å². The van der Waals surface area contributed by atoms with Crippen LogP contribution in [-0.2, 0) is 14.3 Å². The lowest BCUT2D eigenvalue weighted by Gasteiger charge is -2.33. The van der Waals surface area contributed by atoms with E-state index in [1.165, 1.54) is 0 Å². The molecule has 0 aromatic heterocycles. The van der Waals surface area contributed by atoms with Crippen LogP contribution in [0.15, 0.2) is 30.3 Å². The molecule has 1 fully saturated rings. The highest BCUT2D eigenvalue weighted by atomic mass is 16.7. The molecule has 1 aliphatic heterocycles. The maximum atomic E-state index is 12.6. The summed E-state index contributed by atoms with van der Waals surface area (Å²) < 4.78 is 10.4. The van der Waals surface area contributed by atoms with Gasteiger partial charge in [0.05, 0.1) is 18.6 Å². The second-order valence-corrected chi connectivity index (χ2v) is 5.24. The zero-order chi connectivity index (χ0) is 15.1. The van der Waals surface area contributed by atoms with Gasteiger partial charge in [0.15, 0.2) is 0 Å². The average Bonchev–Trinajstić information content (AvgIpc) is 2.55. The number of nitrogens with zero attached hydrogens (tertiary/aromatic N) is 1. The summed E-state index contributed by atoms with van der Waals surface area (Å²) >= 11 is 0. The first-order valence-electron chi connectivity index (χ1n) is 7.31. The van der Waals surface area contributed by atoms with Crippen LogP contribution in [-0.4, -0.2) is 55.6 Å². The highest BCUT2D eigenvalue weighted by Crippen LogP contribution is 2.21. The van der Waals surface area contributed by atoms with Crippen molar-refractivity contribution in [1.82, 2.24) is 4.90 Å². The Bertz CT molecular complexity index is 429. The molecule has 0 radical (unpaired) electrons. The van der Waals surface area contributed by atoms with Crippen molar-refractivity contribution in [3.63, 3.8) is 0 Å². The lowest BCUT2D eigenvalue weighted by atomic mass is 9.97. The van der Waals surface area contributed by atoms with Crippen LogP contribution < -0.4 is 0 Å². The van der Waals surface area contributed by atoms with Crippen LogP contribution in [0, 0.1) is 0 Å². The lowest BCUT2D eigenvalue weighted by molar-refractivity contribution is -0.138. The summed E-state index contributed by atoms with van der Waals surface area (Å²) in [5.74, 6) is -0.475. The molecule has 1 N–H and O–H groups in total. The fourth-order valence-electron chi connectivity index (χ4n) is 2.64. The van der Waals surface area contributed by atoms with Crippen LogP contribution in [0.3, 0.4) is 0 Å². The number of rotatable bonds is 6. The maximum Gasteiger partial charge on any atom is 0.232 e. The van der Waals surface area contributed by atoms with Gasteiger partial charge in [0.2, 0.25) is 5.91 Å². The van der Waals surface area contributed by atoms with Gasteiger partial charge in [0, 0.05) is 20.2 Å². The number of ether oxygens (including phenoxy) is 2. The van der Waals surface area contributed by atoms with Crippen LogP contribution in [0.1, 0.15) is 24.3 Å². The van der Waals surface area contributed by atoms with Gasteiger partial charge in [-0.25, -0.2) is 0 Å². The predicted octanol–water partition coefficient (Wildman–Crippen LogP) is 1.37. The van der Waals surface area contributed by atoms with Crippen molar-refractivity contribution in [2.24, 2.45) is 0 Å². The third-order valence-electron chi connectivity index (χ3n) is 3.86. The summed E-state index contributed by atoms with van der Waals surface area (Å²) in [4.78, 5) is 14.4. The second kappa shape index (κ2) is 8.12. The van der Waals surface area contributed by atoms with Gasteiger partial charge in [-0.1, -0.05) is 30.3 Å². The average molecular weight is 293 g/mol. The number of carbonyl (C=O) groups excluding carboxylic acids is 1. The Morgan fingerprint density at radius 3 is 2.57 bits per heavy atom. The third kappa shape index (κ3) is 4.27. The van der Waals surface area contributed by atoms with Crippen molar-refractivity contribution in [2.75, 3.05) is 33.6 Å². The molecule has 1 aliphatic rings. The Morgan fingerprint density at radius 1 is 1.33 bits per heavy atom. The third-order valence-corrected chi connectivity index (χ3v) is 3.86. The van der Waals surface area contributed by atoms with Crippen molar-refractivity contribution >= 4 is 5.91 Å². The number of hydrogen-bond donors (Lipinski definition) is 1. The summed E-state index contributed by atoms with van der Waals surface area (Å²) in [5, 5.41) is 9.56. The van der Waals surface area contributed by atoms with Gasteiger partial charge in [-0.05, 0) is 18.4 Å². The SMILES string of the molecule is COCOC1CCN(C(=O)[C@H](CO)c2ccccc2)CC1. The molecule has 1 amide bonds. The highest BCUT2D eigenvalue weighted by molar-refractivity contribution is 5.84. The van der Waals surface area contributed by atoms with E-state index in [4.69, 9.17) is 9.47 Å². The normalized spacial score (nSPS) is 17.7. The lowest BCUT2D eigenvalue weighted by Crippen LogP contribution is -2.43. The molecule has 1 saturated heterocycles. The number of benzene rings is 1. The van der Waals surface area contributed by atoms with E-state index < -0.39 is 5.92 Å². The fourth-order valence-corrected chi connectivity index (χ4v) is 2.64. The summed E-state index contributed by atoms with van der Waals surface area (Å²) in [7, 11) is 1.60. The maximum absolute atomic E-state index is 12.6. The van der Waals surface area contributed by atoms with E-state index in [1.54, 1.807) is 7.11 Å². The minimum absolute atomic E-state index is 0.00566. The van der Waals surface area contributed by atoms with Gasteiger partial charge in [-0.3, -0.25) is 4.79 Å². The number of hydrogen-bond acceptors (Lipinski definition) is 4. The first kappa shape index (κ1) is 15.9. The standard InChI is InChI=1S/C16H23NO4/c1-20-12-21-14-7-9-17(10-8-14)16(19)15(11-18)13-5-3-2-4-6-13/h2-6,14-15,18H,7-12H2,1H3/t15-/m1/s1. The molecule has 5 heteroatoms. The number of amides is 1. The topological polar surface area (TPSA) is 59.0 Å². The van der Waals surface area contributed by atoms with E-state index in [9.17, 15) is 9.90 Å². The highest BCUT2D eigenvalue weighted by Gasteiger charge is 2.29. The van der Waals surface area contributed by atoms with Crippen molar-refractivity contribution < 1.29 is 19.4 Å². The minimum atomic E-state index is -0.470. The van der Waals surface area contributed by atoms with E-state index in [-0.39, 0.29) is 18.6 Å². The second-order valence-electron chi connectivity index (χ2n) is 5.24. The van der Waals surface area contributed by atoms with Gasteiger partial charge in [0.1, 0.15) is 6.79 Å². The van der Waals surface area contributed by atoms with Gasteiger partial charge in [-0.2, -0.15) is 0 Å². The molecule has 0 aliphatic carbocycles. The number of likely N-dealkylation sites (tertiary alicyclic amines) is 1. The summed E-state index contributed by atoms with van der Waals surface area (Å²) in [6, 6.07) is 9.44. The Morgan fingerprint density at radius 2 is 2.00 bits per heavy atom. The summed E-state index contributed by atoms with van der Waals surface area (Å²) in [5.41, 5.74) is 0.864. The first-order chi connectivity index (χ1) is 10.3. The van der Waals surface area contributed by atoms with Crippen LogP contribution in [0.4, 0.5) is 0 Å². The number of methoxy groups -OCH3 is 1. The molecule has 5 nitrogen and oxygen atoms in total. The number of piperidine rings is 1. The minimum Gasteiger partial charge on any atom is -0.395 e. The van der Waals surface area contributed by atoms with Gasteiger partial charge < -0.3 is 19.5 Å². The Labute approximate surface area is 125 Å². The quantitative estimate of drug-likeness (QED) is 0.805. The van der Waals surface area contributed by atoms with Crippen LogP contribution in [0.25, 0.3) is 0 Å². The molecule has 1 aromatic rings. The Kier molecular flexibility index (Phi) is 6.17. The van der Waals surface area contributed by atoms with E-state index in [0.717, 1.165) is 18.4 Å². The molecule has 2 rings (SSSR count). The molecule has 1 heterocycles.